The second-order valence-corrected chi connectivity index (χ2v) is 4.07. The number of terminal acetylenes is 1. The van der Waals surface area contributed by atoms with Crippen molar-refractivity contribution in [3.05, 3.63) is 11.1 Å². The minimum atomic E-state index is -1.01. The van der Waals surface area contributed by atoms with Crippen molar-refractivity contribution in [3.8, 4) is 12.3 Å². The van der Waals surface area contributed by atoms with E-state index in [2.05, 4.69) is 16.2 Å². The van der Waals surface area contributed by atoms with E-state index in [9.17, 15) is 4.79 Å². The Morgan fingerprint density at radius 2 is 2.56 bits per heavy atom. The predicted octanol–water partition coefficient (Wildman–Crippen LogP) is 0.818. The van der Waals surface area contributed by atoms with Crippen LogP contribution in [0, 0.1) is 12.3 Å². The molecule has 5 nitrogen and oxygen atoms in total. The van der Waals surface area contributed by atoms with Crippen LogP contribution in [-0.4, -0.2) is 47.6 Å². The summed E-state index contributed by atoms with van der Waals surface area (Å²) in [6, 6.07) is 0. The molecule has 0 aliphatic rings. The molecule has 1 rings (SSSR count). The number of thiazole rings is 1. The largest absolute Gasteiger partial charge is 0.476 e. The van der Waals surface area contributed by atoms with Crippen molar-refractivity contribution >= 4 is 22.4 Å². The van der Waals surface area contributed by atoms with Gasteiger partial charge in [-0.2, -0.15) is 0 Å². The standard InChI is InChI=1S/C10H13N3O2S/c1-3-5-13(2)6-4-11-10-12-8(7-16-10)9(14)15/h1,7H,4-6H2,2H3,(H,11,12)(H,14,15). The molecule has 0 unspecified atom stereocenters. The van der Waals surface area contributed by atoms with Gasteiger partial charge in [-0.25, -0.2) is 9.78 Å². The summed E-state index contributed by atoms with van der Waals surface area (Å²) >= 11 is 1.28. The molecule has 0 aliphatic heterocycles. The highest BCUT2D eigenvalue weighted by Crippen LogP contribution is 2.14. The number of carboxylic acid groups (broad SMARTS) is 1. The average molecular weight is 239 g/mol. The van der Waals surface area contributed by atoms with Crippen LogP contribution in [0.2, 0.25) is 0 Å². The molecule has 0 aliphatic carbocycles. The Labute approximate surface area is 98.1 Å². The SMILES string of the molecule is C#CCN(C)CCNc1nc(C(=O)O)cs1. The normalized spacial score (nSPS) is 10.1. The molecule has 1 aromatic heterocycles. The Kier molecular flexibility index (Phi) is 4.76. The third-order valence-electron chi connectivity index (χ3n) is 1.85. The summed E-state index contributed by atoms with van der Waals surface area (Å²) in [5, 5.41) is 13.8. The summed E-state index contributed by atoms with van der Waals surface area (Å²) in [5.41, 5.74) is 0.0736. The molecule has 2 N–H and O–H groups in total. The third kappa shape index (κ3) is 3.88. The maximum Gasteiger partial charge on any atom is 0.355 e. The zero-order chi connectivity index (χ0) is 12.0. The number of anilines is 1. The van der Waals surface area contributed by atoms with Crippen molar-refractivity contribution < 1.29 is 9.90 Å². The number of nitrogens with one attached hydrogen (secondary N) is 1. The Hall–Kier alpha value is -1.58. The van der Waals surface area contributed by atoms with E-state index in [0.29, 0.717) is 18.2 Å². The van der Waals surface area contributed by atoms with Gasteiger partial charge < -0.3 is 10.4 Å². The zero-order valence-corrected chi connectivity index (χ0v) is 9.75. The van der Waals surface area contributed by atoms with Crippen LogP contribution in [-0.2, 0) is 0 Å². The van der Waals surface area contributed by atoms with Gasteiger partial charge in [0.1, 0.15) is 0 Å². The van der Waals surface area contributed by atoms with Crippen LogP contribution in [0.1, 0.15) is 10.5 Å². The molecule has 0 atom stereocenters. The van der Waals surface area contributed by atoms with Crippen LogP contribution in [0.3, 0.4) is 0 Å². The lowest BCUT2D eigenvalue weighted by Gasteiger charge is -2.12. The van der Waals surface area contributed by atoms with Crippen LogP contribution in [0.4, 0.5) is 5.13 Å². The van der Waals surface area contributed by atoms with Crippen LogP contribution < -0.4 is 5.32 Å². The van der Waals surface area contributed by atoms with Gasteiger partial charge in [0.2, 0.25) is 0 Å². The average Bonchev–Trinajstić information content (AvgIpc) is 2.67. The number of nitrogens with zero attached hydrogens (tertiary/aromatic N) is 2. The number of carboxylic acids is 1. The molecule has 0 fully saturated rings. The minimum absolute atomic E-state index is 0.0736. The van der Waals surface area contributed by atoms with Gasteiger partial charge in [-0.15, -0.1) is 17.8 Å². The first kappa shape index (κ1) is 12.5. The molecule has 0 spiro atoms. The molecule has 0 bridgehead atoms. The van der Waals surface area contributed by atoms with Gasteiger partial charge >= 0.3 is 5.97 Å². The molecule has 0 saturated heterocycles. The van der Waals surface area contributed by atoms with Gasteiger partial charge in [0.25, 0.3) is 0 Å². The van der Waals surface area contributed by atoms with E-state index in [1.807, 2.05) is 11.9 Å². The summed E-state index contributed by atoms with van der Waals surface area (Å²) in [6.45, 7) is 2.07. The number of hydrogen-bond acceptors (Lipinski definition) is 5. The molecule has 1 aromatic rings. The second kappa shape index (κ2) is 6.10. The van der Waals surface area contributed by atoms with Gasteiger partial charge in [-0.1, -0.05) is 5.92 Å². The Morgan fingerprint density at radius 1 is 1.81 bits per heavy atom. The van der Waals surface area contributed by atoms with E-state index in [1.165, 1.54) is 16.7 Å². The number of aromatic carboxylic acids is 1. The fraction of sp³-hybridized carbons (Fsp3) is 0.400. The van der Waals surface area contributed by atoms with Crippen LogP contribution >= 0.6 is 11.3 Å². The quantitative estimate of drug-likeness (QED) is 0.719. The maximum atomic E-state index is 10.6. The highest BCUT2D eigenvalue weighted by Gasteiger charge is 2.07. The minimum Gasteiger partial charge on any atom is -0.476 e. The Bertz CT molecular complexity index is 397. The molecule has 16 heavy (non-hydrogen) atoms. The van der Waals surface area contributed by atoms with E-state index in [4.69, 9.17) is 11.5 Å². The first-order valence-electron chi connectivity index (χ1n) is 4.68. The molecule has 86 valence electrons. The van der Waals surface area contributed by atoms with E-state index >= 15 is 0 Å². The Morgan fingerprint density at radius 3 is 3.12 bits per heavy atom. The van der Waals surface area contributed by atoms with Crippen molar-refractivity contribution in [3.63, 3.8) is 0 Å². The van der Waals surface area contributed by atoms with Crippen molar-refractivity contribution in [1.29, 1.82) is 0 Å². The highest BCUT2D eigenvalue weighted by atomic mass is 32.1. The fourth-order valence-electron chi connectivity index (χ4n) is 1.04. The maximum absolute atomic E-state index is 10.6. The summed E-state index contributed by atoms with van der Waals surface area (Å²) in [6.07, 6.45) is 5.16. The molecular formula is C10H13N3O2S. The number of carbonyl (C=O) groups is 1. The van der Waals surface area contributed by atoms with E-state index in [-0.39, 0.29) is 5.69 Å². The van der Waals surface area contributed by atoms with Crippen molar-refractivity contribution in [2.75, 3.05) is 32.0 Å². The second-order valence-electron chi connectivity index (χ2n) is 3.21. The lowest BCUT2D eigenvalue weighted by Crippen LogP contribution is -2.25. The predicted molar refractivity (Wildman–Crippen MR) is 63.9 cm³/mol. The molecule has 0 amide bonds. The van der Waals surface area contributed by atoms with Crippen LogP contribution in [0.25, 0.3) is 0 Å². The smallest absolute Gasteiger partial charge is 0.355 e. The van der Waals surface area contributed by atoms with Crippen LogP contribution in [0.15, 0.2) is 5.38 Å². The number of hydrogen-bond donors (Lipinski definition) is 2. The third-order valence-corrected chi connectivity index (χ3v) is 2.65. The topological polar surface area (TPSA) is 65.5 Å². The van der Waals surface area contributed by atoms with Crippen molar-refractivity contribution in [2.24, 2.45) is 0 Å². The molecular weight excluding hydrogens is 226 g/mol. The Balaban J connectivity index is 2.32. The fourth-order valence-corrected chi connectivity index (χ4v) is 1.75. The lowest BCUT2D eigenvalue weighted by atomic mass is 10.5. The van der Waals surface area contributed by atoms with Crippen molar-refractivity contribution in [1.82, 2.24) is 9.88 Å². The van der Waals surface area contributed by atoms with E-state index < -0.39 is 5.97 Å². The molecule has 1 heterocycles. The van der Waals surface area contributed by atoms with E-state index in [1.54, 1.807) is 0 Å². The van der Waals surface area contributed by atoms with Gasteiger partial charge in [-0.3, -0.25) is 4.90 Å². The van der Waals surface area contributed by atoms with Crippen LogP contribution in [0.5, 0.6) is 0 Å². The number of aromatic nitrogens is 1. The summed E-state index contributed by atoms with van der Waals surface area (Å²) in [4.78, 5) is 16.5. The molecule has 0 aromatic carbocycles. The summed E-state index contributed by atoms with van der Waals surface area (Å²) in [7, 11) is 1.92. The van der Waals surface area contributed by atoms with Gasteiger partial charge in [-0.05, 0) is 7.05 Å². The van der Waals surface area contributed by atoms with Gasteiger partial charge in [0.05, 0.1) is 6.54 Å². The first-order valence-corrected chi connectivity index (χ1v) is 5.56. The zero-order valence-electron chi connectivity index (χ0n) is 8.93. The first-order chi connectivity index (χ1) is 7.63. The summed E-state index contributed by atoms with van der Waals surface area (Å²) in [5.74, 6) is 1.54. The molecule has 6 heteroatoms. The van der Waals surface area contributed by atoms with Gasteiger partial charge in [0, 0.05) is 18.5 Å². The number of likely N-dealkylation sites (N-methyl/N-ethyl adjacent to an activating group) is 1. The summed E-state index contributed by atoms with van der Waals surface area (Å²) < 4.78 is 0. The number of rotatable bonds is 6. The van der Waals surface area contributed by atoms with Gasteiger partial charge in [0.15, 0.2) is 10.8 Å². The van der Waals surface area contributed by atoms with E-state index in [0.717, 1.165) is 6.54 Å². The van der Waals surface area contributed by atoms with Crippen molar-refractivity contribution in [2.45, 2.75) is 0 Å². The monoisotopic (exact) mass is 239 g/mol. The lowest BCUT2D eigenvalue weighted by molar-refractivity contribution is 0.0691. The highest BCUT2D eigenvalue weighted by molar-refractivity contribution is 7.13. The molecule has 0 saturated carbocycles. The molecule has 0 radical (unpaired) electrons.